The lowest BCUT2D eigenvalue weighted by Crippen LogP contribution is -2.56. The van der Waals surface area contributed by atoms with Gasteiger partial charge < -0.3 is 15.2 Å². The van der Waals surface area contributed by atoms with Gasteiger partial charge in [0.2, 0.25) is 0 Å². The fourth-order valence-corrected chi connectivity index (χ4v) is 5.39. The highest BCUT2D eigenvalue weighted by atomic mass is 16.5. The minimum absolute atomic E-state index is 0.119. The molecule has 2 aliphatic carbocycles. The van der Waals surface area contributed by atoms with E-state index < -0.39 is 5.60 Å². The zero-order chi connectivity index (χ0) is 21.2. The number of hydrogen-bond acceptors (Lipinski definition) is 4. The molecule has 160 valence electrons. The molecule has 0 amide bonds. The summed E-state index contributed by atoms with van der Waals surface area (Å²) in [7, 11) is 0. The summed E-state index contributed by atoms with van der Waals surface area (Å²) in [5, 5.41) is 15.3. The maximum Gasteiger partial charge on any atom is 0.303 e. The van der Waals surface area contributed by atoms with Crippen LogP contribution in [0.2, 0.25) is 0 Å². The average molecular weight is 400 g/mol. The average Bonchev–Trinajstić information content (AvgIpc) is 2.65. The van der Waals surface area contributed by atoms with Gasteiger partial charge >= 0.3 is 5.97 Å². The summed E-state index contributed by atoms with van der Waals surface area (Å²) in [6.07, 6.45) is 4.56. The van der Waals surface area contributed by atoms with E-state index in [2.05, 4.69) is 56.4 Å². The molecule has 0 aliphatic heterocycles. The first-order chi connectivity index (χ1) is 13.7. The summed E-state index contributed by atoms with van der Waals surface area (Å²) < 4.78 is 5.51. The zero-order valence-corrected chi connectivity index (χ0v) is 18.6. The number of benzene rings is 1. The molecule has 1 fully saturated rings. The summed E-state index contributed by atoms with van der Waals surface area (Å²) >= 11 is 0. The zero-order valence-electron chi connectivity index (χ0n) is 18.6. The predicted octanol–water partition coefficient (Wildman–Crippen LogP) is 4.40. The number of ether oxygens (including phenoxy) is 1. The molecule has 4 heteroatoms. The highest BCUT2D eigenvalue weighted by Crippen LogP contribution is 2.51. The highest BCUT2D eigenvalue weighted by Gasteiger charge is 2.52. The van der Waals surface area contributed by atoms with Crippen molar-refractivity contribution in [3.8, 4) is 0 Å². The van der Waals surface area contributed by atoms with Crippen LogP contribution in [0.5, 0.6) is 0 Å². The first-order valence-corrected chi connectivity index (χ1v) is 11.1. The molecular formula is C25H37NO3. The summed E-state index contributed by atoms with van der Waals surface area (Å²) in [5.41, 5.74) is 2.93. The van der Waals surface area contributed by atoms with Gasteiger partial charge in [-0.25, -0.2) is 0 Å². The van der Waals surface area contributed by atoms with Crippen LogP contribution in [0.15, 0.2) is 35.9 Å². The molecule has 1 unspecified atom stereocenters. The summed E-state index contributed by atoms with van der Waals surface area (Å²) in [6, 6.07) is 8.49. The number of carbonyl (C=O) groups is 1. The minimum atomic E-state index is -0.799. The van der Waals surface area contributed by atoms with Gasteiger partial charge in [0.05, 0.1) is 5.60 Å². The molecule has 0 bridgehead atoms. The SMILES string of the molecule is CC(=O)O[C@@H]1C[C@@]2(O)[C@H](C)CC[C@@H](C(C)CNCc3ccccc3C)[C@H]2C=C1C. The van der Waals surface area contributed by atoms with Crippen molar-refractivity contribution >= 4 is 5.97 Å². The lowest BCUT2D eigenvalue weighted by atomic mass is 9.57. The fourth-order valence-electron chi connectivity index (χ4n) is 5.39. The van der Waals surface area contributed by atoms with Gasteiger partial charge in [0.15, 0.2) is 0 Å². The van der Waals surface area contributed by atoms with Gasteiger partial charge in [0.1, 0.15) is 6.10 Å². The number of aryl methyl sites for hydroxylation is 1. The summed E-state index contributed by atoms with van der Waals surface area (Å²) in [5.74, 6) is 0.927. The van der Waals surface area contributed by atoms with E-state index in [1.165, 1.54) is 18.1 Å². The molecule has 0 aromatic heterocycles. The maximum atomic E-state index is 11.7. The number of carbonyl (C=O) groups excluding carboxylic acids is 1. The fraction of sp³-hybridized carbons (Fsp3) is 0.640. The number of esters is 1. The molecule has 0 radical (unpaired) electrons. The second-order valence-corrected chi connectivity index (χ2v) is 9.41. The van der Waals surface area contributed by atoms with Crippen molar-refractivity contribution in [2.75, 3.05) is 6.54 Å². The van der Waals surface area contributed by atoms with Crippen molar-refractivity contribution in [2.24, 2.45) is 23.7 Å². The third-order valence-corrected chi connectivity index (χ3v) is 7.37. The van der Waals surface area contributed by atoms with Gasteiger partial charge in [-0.1, -0.05) is 44.2 Å². The van der Waals surface area contributed by atoms with Gasteiger partial charge in [-0.15, -0.1) is 0 Å². The Labute approximate surface area is 175 Å². The van der Waals surface area contributed by atoms with E-state index in [0.29, 0.717) is 18.3 Å². The van der Waals surface area contributed by atoms with Crippen molar-refractivity contribution in [2.45, 2.75) is 72.1 Å². The van der Waals surface area contributed by atoms with Crippen LogP contribution in [0.25, 0.3) is 0 Å². The second-order valence-electron chi connectivity index (χ2n) is 9.41. The largest absolute Gasteiger partial charge is 0.458 e. The third-order valence-electron chi connectivity index (χ3n) is 7.37. The molecule has 1 aromatic rings. The van der Waals surface area contributed by atoms with E-state index in [1.807, 2.05) is 6.92 Å². The molecule has 0 spiro atoms. The topological polar surface area (TPSA) is 58.6 Å². The molecule has 3 rings (SSSR count). The maximum absolute atomic E-state index is 11.7. The van der Waals surface area contributed by atoms with Gasteiger partial charge in [-0.3, -0.25) is 4.79 Å². The molecule has 1 aromatic carbocycles. The number of aliphatic hydroxyl groups is 1. The molecule has 29 heavy (non-hydrogen) atoms. The van der Waals surface area contributed by atoms with Gasteiger partial charge in [-0.2, -0.15) is 0 Å². The van der Waals surface area contributed by atoms with E-state index in [-0.39, 0.29) is 23.9 Å². The Hall–Kier alpha value is -1.65. The summed E-state index contributed by atoms with van der Waals surface area (Å²) in [4.78, 5) is 11.5. The van der Waals surface area contributed by atoms with Crippen LogP contribution in [-0.2, 0) is 16.1 Å². The van der Waals surface area contributed by atoms with Crippen LogP contribution in [0, 0.1) is 30.6 Å². The Balaban J connectivity index is 1.70. The number of nitrogens with one attached hydrogen (secondary N) is 1. The quantitative estimate of drug-likeness (QED) is 0.550. The Kier molecular flexibility index (Phi) is 6.85. The Morgan fingerprint density at radius 3 is 2.72 bits per heavy atom. The van der Waals surface area contributed by atoms with Crippen molar-refractivity contribution in [1.82, 2.24) is 5.32 Å². The Morgan fingerprint density at radius 2 is 2.03 bits per heavy atom. The van der Waals surface area contributed by atoms with Crippen LogP contribution in [0.4, 0.5) is 0 Å². The van der Waals surface area contributed by atoms with E-state index in [1.54, 1.807) is 0 Å². The smallest absolute Gasteiger partial charge is 0.303 e. The first-order valence-electron chi connectivity index (χ1n) is 11.1. The van der Waals surface area contributed by atoms with Crippen molar-refractivity contribution in [3.63, 3.8) is 0 Å². The monoisotopic (exact) mass is 399 g/mol. The lowest BCUT2D eigenvalue weighted by molar-refractivity contribution is -0.159. The van der Waals surface area contributed by atoms with Gasteiger partial charge in [0.25, 0.3) is 0 Å². The Bertz CT molecular complexity index is 758. The van der Waals surface area contributed by atoms with Crippen LogP contribution in [0.1, 0.15) is 58.1 Å². The predicted molar refractivity (Wildman–Crippen MR) is 116 cm³/mol. The molecular weight excluding hydrogens is 362 g/mol. The van der Waals surface area contributed by atoms with Crippen LogP contribution in [-0.4, -0.2) is 29.3 Å². The van der Waals surface area contributed by atoms with E-state index in [9.17, 15) is 9.90 Å². The highest BCUT2D eigenvalue weighted by molar-refractivity contribution is 5.66. The lowest BCUT2D eigenvalue weighted by Gasteiger charge is -2.53. The normalized spacial score (nSPS) is 32.8. The molecule has 4 nitrogen and oxygen atoms in total. The van der Waals surface area contributed by atoms with Gasteiger partial charge in [-0.05, 0) is 67.7 Å². The molecule has 2 aliphatic rings. The van der Waals surface area contributed by atoms with Gasteiger partial charge in [0, 0.05) is 25.8 Å². The minimum Gasteiger partial charge on any atom is -0.458 e. The van der Waals surface area contributed by atoms with Crippen molar-refractivity contribution in [3.05, 3.63) is 47.0 Å². The van der Waals surface area contributed by atoms with Crippen LogP contribution >= 0.6 is 0 Å². The summed E-state index contributed by atoms with van der Waals surface area (Å²) in [6.45, 7) is 11.9. The van der Waals surface area contributed by atoms with Crippen molar-refractivity contribution in [1.29, 1.82) is 0 Å². The molecule has 6 atom stereocenters. The molecule has 2 N–H and O–H groups in total. The standard InChI is InChI=1S/C25H37NO3/c1-16-8-6-7-9-21(16)15-26-14-18(3)22-11-10-19(4)25(28)13-24(29-20(5)27)17(2)12-23(22)25/h6-9,12,18-19,22-24,26,28H,10-11,13-15H2,1-5H3/t18?,19-,22+,23-,24-,25-/m1/s1. The second kappa shape index (κ2) is 9.01. The first kappa shape index (κ1) is 22.0. The number of fused-ring (bicyclic) bond motifs is 1. The molecule has 1 saturated carbocycles. The van der Waals surface area contributed by atoms with E-state index in [0.717, 1.165) is 31.5 Å². The third kappa shape index (κ3) is 4.75. The van der Waals surface area contributed by atoms with Crippen LogP contribution < -0.4 is 5.32 Å². The number of hydrogen-bond donors (Lipinski definition) is 2. The van der Waals surface area contributed by atoms with Crippen LogP contribution in [0.3, 0.4) is 0 Å². The van der Waals surface area contributed by atoms with Crippen molar-refractivity contribution < 1.29 is 14.6 Å². The number of rotatable bonds is 6. The van der Waals surface area contributed by atoms with E-state index >= 15 is 0 Å². The molecule has 0 saturated heterocycles. The van der Waals surface area contributed by atoms with E-state index in [4.69, 9.17) is 4.74 Å². The Morgan fingerprint density at radius 1 is 1.31 bits per heavy atom. The molecule has 0 heterocycles.